The normalized spacial score (nSPS) is 12.6. The number of aliphatic hydroxyl groups excluding tert-OH is 1. The first-order valence-corrected chi connectivity index (χ1v) is 5.82. The van der Waals surface area contributed by atoms with E-state index < -0.39 is 18.0 Å². The number of unbranched alkanes of at least 4 members (excludes halogenated alkanes) is 3. The van der Waals surface area contributed by atoms with Crippen LogP contribution in [0.3, 0.4) is 0 Å². The summed E-state index contributed by atoms with van der Waals surface area (Å²) in [7, 11) is 0. The lowest BCUT2D eigenvalue weighted by Gasteiger charge is -2.09. The van der Waals surface area contributed by atoms with Crippen molar-refractivity contribution in [2.45, 2.75) is 45.1 Å². The van der Waals surface area contributed by atoms with Crippen molar-refractivity contribution in [1.82, 2.24) is 0 Å². The molecule has 1 atom stereocenters. The van der Waals surface area contributed by atoms with E-state index in [4.69, 9.17) is 5.11 Å². The Morgan fingerprint density at radius 2 is 1.94 bits per heavy atom. The lowest BCUT2D eigenvalue weighted by Crippen LogP contribution is -2.17. The molecule has 5 nitrogen and oxygen atoms in total. The zero-order valence-electron chi connectivity index (χ0n) is 10.1. The molecule has 0 aromatic heterocycles. The molecular weight excluding hydrogens is 224 g/mol. The number of hydrogen-bond acceptors (Lipinski definition) is 4. The molecule has 2 N–H and O–H groups in total. The van der Waals surface area contributed by atoms with Crippen LogP contribution < -0.4 is 0 Å². The standard InChI is InChI=1S/C12H20O5/c1-2-3-4-5-6-10(13)9-17-12(16)8-7-11(14)15/h7-8,10,13H,2-6,9H2,1H3,(H,14,15). The van der Waals surface area contributed by atoms with Crippen LogP contribution in [-0.4, -0.2) is 34.9 Å². The molecule has 0 heterocycles. The van der Waals surface area contributed by atoms with Crippen molar-refractivity contribution in [3.63, 3.8) is 0 Å². The quantitative estimate of drug-likeness (QED) is 0.365. The van der Waals surface area contributed by atoms with E-state index in [-0.39, 0.29) is 6.61 Å². The maximum absolute atomic E-state index is 10.9. The number of carbonyl (C=O) groups excluding carboxylic acids is 1. The van der Waals surface area contributed by atoms with E-state index in [0.717, 1.165) is 31.8 Å². The zero-order valence-corrected chi connectivity index (χ0v) is 10.1. The van der Waals surface area contributed by atoms with Crippen LogP contribution in [0.5, 0.6) is 0 Å². The highest BCUT2D eigenvalue weighted by Gasteiger charge is 2.06. The summed E-state index contributed by atoms with van der Waals surface area (Å²) >= 11 is 0. The molecule has 0 aromatic rings. The second-order valence-electron chi connectivity index (χ2n) is 3.80. The lowest BCUT2D eigenvalue weighted by molar-refractivity contribution is -0.141. The SMILES string of the molecule is CCCCCCC(O)COC(=O)C=CC(=O)O. The predicted molar refractivity (Wildman–Crippen MR) is 62.5 cm³/mol. The van der Waals surface area contributed by atoms with Crippen LogP contribution in [0.15, 0.2) is 12.2 Å². The molecule has 5 heteroatoms. The molecule has 0 amide bonds. The smallest absolute Gasteiger partial charge is 0.331 e. The molecule has 0 fully saturated rings. The van der Waals surface area contributed by atoms with Gasteiger partial charge < -0.3 is 14.9 Å². The highest BCUT2D eigenvalue weighted by molar-refractivity contribution is 5.90. The monoisotopic (exact) mass is 244 g/mol. The van der Waals surface area contributed by atoms with Crippen LogP contribution >= 0.6 is 0 Å². The summed E-state index contributed by atoms with van der Waals surface area (Å²) in [6.45, 7) is 2.02. The highest BCUT2D eigenvalue weighted by Crippen LogP contribution is 2.05. The van der Waals surface area contributed by atoms with Gasteiger partial charge in [-0.05, 0) is 6.42 Å². The van der Waals surface area contributed by atoms with E-state index in [2.05, 4.69) is 11.7 Å². The fraction of sp³-hybridized carbons (Fsp3) is 0.667. The van der Waals surface area contributed by atoms with E-state index in [9.17, 15) is 14.7 Å². The van der Waals surface area contributed by atoms with Crippen molar-refractivity contribution < 1.29 is 24.5 Å². The number of carboxylic acids is 1. The minimum absolute atomic E-state index is 0.0884. The van der Waals surface area contributed by atoms with Crippen molar-refractivity contribution in [1.29, 1.82) is 0 Å². The molecule has 0 aliphatic rings. The Balaban J connectivity index is 3.58. The van der Waals surface area contributed by atoms with Crippen LogP contribution in [-0.2, 0) is 14.3 Å². The number of carbonyl (C=O) groups is 2. The van der Waals surface area contributed by atoms with Crippen molar-refractivity contribution in [2.24, 2.45) is 0 Å². The van der Waals surface area contributed by atoms with Gasteiger partial charge in [0.2, 0.25) is 0 Å². The van der Waals surface area contributed by atoms with E-state index in [1.54, 1.807) is 0 Å². The Labute approximate surface area is 101 Å². The highest BCUT2D eigenvalue weighted by atomic mass is 16.5. The number of aliphatic hydroxyl groups is 1. The molecule has 0 spiro atoms. The third kappa shape index (κ3) is 10.9. The first kappa shape index (κ1) is 15.6. The van der Waals surface area contributed by atoms with Gasteiger partial charge in [0.25, 0.3) is 0 Å². The van der Waals surface area contributed by atoms with Gasteiger partial charge in [0, 0.05) is 12.2 Å². The molecule has 0 aromatic carbocycles. The molecule has 0 radical (unpaired) electrons. The molecule has 98 valence electrons. The van der Waals surface area contributed by atoms with Crippen molar-refractivity contribution in [3.05, 3.63) is 12.2 Å². The second-order valence-corrected chi connectivity index (χ2v) is 3.80. The van der Waals surface area contributed by atoms with Crippen LogP contribution in [0, 0.1) is 0 Å². The Kier molecular flexibility index (Phi) is 9.05. The van der Waals surface area contributed by atoms with Gasteiger partial charge in [-0.25, -0.2) is 9.59 Å². The summed E-state index contributed by atoms with van der Waals surface area (Å²) in [6.07, 6.45) is 5.67. The number of hydrogen-bond donors (Lipinski definition) is 2. The van der Waals surface area contributed by atoms with E-state index in [1.165, 1.54) is 0 Å². The maximum atomic E-state index is 10.9. The molecule has 0 bridgehead atoms. The first-order chi connectivity index (χ1) is 8.06. The Bertz CT molecular complexity index is 260. The van der Waals surface area contributed by atoms with E-state index in [0.29, 0.717) is 12.5 Å². The van der Waals surface area contributed by atoms with Crippen molar-refractivity contribution in [2.75, 3.05) is 6.61 Å². The van der Waals surface area contributed by atoms with Gasteiger partial charge in [0.05, 0.1) is 6.10 Å². The molecular formula is C12H20O5. The average Bonchev–Trinajstić information content (AvgIpc) is 2.29. The molecule has 0 saturated carbocycles. The summed E-state index contributed by atoms with van der Waals surface area (Å²) in [4.78, 5) is 21.0. The third-order valence-electron chi connectivity index (χ3n) is 2.17. The fourth-order valence-corrected chi connectivity index (χ4v) is 1.26. The van der Waals surface area contributed by atoms with Gasteiger partial charge in [-0.1, -0.05) is 32.6 Å². The molecule has 0 rings (SSSR count). The summed E-state index contributed by atoms with van der Waals surface area (Å²) in [5.74, 6) is -1.96. The van der Waals surface area contributed by atoms with Crippen LogP contribution in [0.1, 0.15) is 39.0 Å². The molecule has 17 heavy (non-hydrogen) atoms. The number of aliphatic carboxylic acids is 1. The van der Waals surface area contributed by atoms with Gasteiger partial charge in [-0.15, -0.1) is 0 Å². The predicted octanol–water partition coefficient (Wildman–Crippen LogP) is 1.50. The Morgan fingerprint density at radius 1 is 1.24 bits per heavy atom. The lowest BCUT2D eigenvalue weighted by atomic mass is 10.1. The molecule has 0 aliphatic carbocycles. The number of esters is 1. The van der Waals surface area contributed by atoms with Crippen LogP contribution in [0.4, 0.5) is 0 Å². The van der Waals surface area contributed by atoms with Gasteiger partial charge in [0.1, 0.15) is 6.61 Å². The summed E-state index contributed by atoms with van der Waals surface area (Å²) in [5.41, 5.74) is 0. The summed E-state index contributed by atoms with van der Waals surface area (Å²) in [5, 5.41) is 17.7. The van der Waals surface area contributed by atoms with E-state index >= 15 is 0 Å². The maximum Gasteiger partial charge on any atom is 0.331 e. The van der Waals surface area contributed by atoms with Gasteiger partial charge in [-0.3, -0.25) is 0 Å². The van der Waals surface area contributed by atoms with Crippen molar-refractivity contribution in [3.8, 4) is 0 Å². The van der Waals surface area contributed by atoms with Crippen LogP contribution in [0.25, 0.3) is 0 Å². The third-order valence-corrected chi connectivity index (χ3v) is 2.17. The van der Waals surface area contributed by atoms with Crippen LogP contribution in [0.2, 0.25) is 0 Å². The second kappa shape index (κ2) is 9.84. The molecule has 0 saturated heterocycles. The minimum Gasteiger partial charge on any atom is -0.478 e. The fourth-order valence-electron chi connectivity index (χ4n) is 1.26. The number of rotatable bonds is 9. The average molecular weight is 244 g/mol. The van der Waals surface area contributed by atoms with E-state index in [1.807, 2.05) is 0 Å². The van der Waals surface area contributed by atoms with Gasteiger partial charge >= 0.3 is 11.9 Å². The minimum atomic E-state index is -1.21. The molecule has 0 aliphatic heterocycles. The largest absolute Gasteiger partial charge is 0.478 e. The Hall–Kier alpha value is -1.36. The van der Waals surface area contributed by atoms with Gasteiger partial charge in [0.15, 0.2) is 0 Å². The van der Waals surface area contributed by atoms with Gasteiger partial charge in [-0.2, -0.15) is 0 Å². The number of carboxylic acid groups (broad SMARTS) is 1. The summed E-state index contributed by atoms with van der Waals surface area (Å²) in [6, 6.07) is 0. The summed E-state index contributed by atoms with van der Waals surface area (Å²) < 4.78 is 4.67. The first-order valence-electron chi connectivity index (χ1n) is 5.82. The topological polar surface area (TPSA) is 83.8 Å². The zero-order chi connectivity index (χ0) is 13.1. The molecule has 1 unspecified atom stereocenters. The van der Waals surface area contributed by atoms with Crippen molar-refractivity contribution >= 4 is 11.9 Å². The number of ether oxygens (including phenoxy) is 1. The Morgan fingerprint density at radius 3 is 2.53 bits per heavy atom.